The lowest BCUT2D eigenvalue weighted by Gasteiger charge is -2.33. The lowest BCUT2D eigenvalue weighted by molar-refractivity contribution is -0.131. The number of nitrogens with one attached hydrogen (secondary N) is 1. The van der Waals surface area contributed by atoms with Gasteiger partial charge >= 0.3 is 0 Å². The Balaban J connectivity index is 1.29. The van der Waals surface area contributed by atoms with Crippen LogP contribution in [0.2, 0.25) is 0 Å². The van der Waals surface area contributed by atoms with Crippen molar-refractivity contribution in [1.29, 1.82) is 0 Å². The van der Waals surface area contributed by atoms with Gasteiger partial charge in [-0.3, -0.25) is 24.1 Å². The Kier molecular flexibility index (Phi) is 6.03. The maximum Gasteiger partial charge on any atom is 0.262 e. The zero-order chi connectivity index (χ0) is 22.8. The molecule has 0 spiro atoms. The van der Waals surface area contributed by atoms with Crippen LogP contribution >= 0.6 is 0 Å². The summed E-state index contributed by atoms with van der Waals surface area (Å²) in [4.78, 5) is 53.2. The van der Waals surface area contributed by atoms with E-state index in [9.17, 15) is 23.6 Å². The molecule has 4 rings (SSSR count). The lowest BCUT2D eigenvalue weighted by atomic mass is 10.0. The number of carbonyl (C=O) groups is 4. The molecule has 0 aliphatic carbocycles. The van der Waals surface area contributed by atoms with Gasteiger partial charge in [-0.2, -0.15) is 0 Å². The minimum atomic E-state index is -0.930. The van der Waals surface area contributed by atoms with Crippen LogP contribution in [0.15, 0.2) is 48.5 Å². The Bertz CT molecular complexity index is 1030. The molecule has 1 unspecified atom stereocenters. The van der Waals surface area contributed by atoms with Crippen molar-refractivity contribution in [2.75, 3.05) is 13.1 Å². The van der Waals surface area contributed by atoms with E-state index in [1.807, 2.05) is 0 Å². The Morgan fingerprint density at radius 1 is 1.00 bits per heavy atom. The van der Waals surface area contributed by atoms with Crippen molar-refractivity contribution < 1.29 is 23.6 Å². The molecule has 0 saturated carbocycles. The summed E-state index contributed by atoms with van der Waals surface area (Å²) in [6, 6.07) is 11.3. The van der Waals surface area contributed by atoms with Crippen LogP contribution in [0.3, 0.4) is 0 Å². The quantitative estimate of drug-likeness (QED) is 0.727. The summed E-state index contributed by atoms with van der Waals surface area (Å²) in [6.07, 6.45) is 1.36. The van der Waals surface area contributed by atoms with Crippen molar-refractivity contribution >= 4 is 23.6 Å². The van der Waals surface area contributed by atoms with Crippen LogP contribution in [0, 0.1) is 5.82 Å². The number of amides is 4. The first-order valence-corrected chi connectivity index (χ1v) is 10.6. The Labute approximate surface area is 185 Å². The third kappa shape index (κ3) is 4.26. The van der Waals surface area contributed by atoms with Crippen LogP contribution in [0.1, 0.15) is 46.0 Å². The predicted octanol–water partition coefficient (Wildman–Crippen LogP) is 2.16. The van der Waals surface area contributed by atoms with Gasteiger partial charge in [-0.25, -0.2) is 4.39 Å². The van der Waals surface area contributed by atoms with E-state index in [0.717, 1.165) is 10.5 Å². The number of piperidine rings is 1. The number of fused-ring (bicyclic) bond motifs is 1. The molecule has 7 nitrogen and oxygen atoms in total. The second kappa shape index (κ2) is 8.90. The number of imide groups is 1. The fourth-order valence-corrected chi connectivity index (χ4v) is 4.16. The molecule has 32 heavy (non-hydrogen) atoms. The maximum atomic E-state index is 13.0. The van der Waals surface area contributed by atoms with Crippen molar-refractivity contribution in [3.8, 4) is 0 Å². The normalized spacial score (nSPS) is 17.3. The van der Waals surface area contributed by atoms with Gasteiger partial charge in [-0.05, 0) is 49.6 Å². The van der Waals surface area contributed by atoms with Gasteiger partial charge in [0.05, 0.1) is 17.5 Å². The molecule has 2 heterocycles. The molecule has 2 aliphatic heterocycles. The zero-order valence-corrected chi connectivity index (χ0v) is 17.7. The fourth-order valence-electron chi connectivity index (χ4n) is 4.16. The fraction of sp³-hybridized carbons (Fsp3) is 0.333. The number of hydrogen-bond donors (Lipinski definition) is 1. The molecule has 0 radical (unpaired) electrons. The lowest BCUT2D eigenvalue weighted by Crippen LogP contribution is -2.53. The smallest absolute Gasteiger partial charge is 0.262 e. The van der Waals surface area contributed by atoms with Gasteiger partial charge in [0.2, 0.25) is 11.8 Å². The van der Waals surface area contributed by atoms with Gasteiger partial charge in [-0.15, -0.1) is 0 Å². The number of benzene rings is 2. The highest BCUT2D eigenvalue weighted by atomic mass is 19.1. The first kappa shape index (κ1) is 21.7. The minimum Gasteiger partial charge on any atom is -0.351 e. The first-order chi connectivity index (χ1) is 15.3. The van der Waals surface area contributed by atoms with Gasteiger partial charge in [0.25, 0.3) is 11.8 Å². The summed E-state index contributed by atoms with van der Waals surface area (Å²) < 4.78 is 13.0. The van der Waals surface area contributed by atoms with E-state index >= 15 is 0 Å². The highest BCUT2D eigenvalue weighted by Gasteiger charge is 2.41. The molecule has 8 heteroatoms. The van der Waals surface area contributed by atoms with Gasteiger partial charge < -0.3 is 10.2 Å². The van der Waals surface area contributed by atoms with Crippen LogP contribution in [-0.2, 0) is 16.0 Å². The number of carbonyl (C=O) groups excluding carboxylic acids is 4. The van der Waals surface area contributed by atoms with Crippen molar-refractivity contribution in [2.24, 2.45) is 0 Å². The largest absolute Gasteiger partial charge is 0.351 e. The minimum absolute atomic E-state index is 0.0409. The molecular formula is C24H24FN3O4. The second-order valence-corrected chi connectivity index (χ2v) is 8.17. The Morgan fingerprint density at radius 3 is 2.12 bits per heavy atom. The highest BCUT2D eigenvalue weighted by molar-refractivity contribution is 6.22. The molecule has 1 N–H and O–H groups in total. The number of hydrogen-bond acceptors (Lipinski definition) is 4. The molecule has 2 aliphatic rings. The summed E-state index contributed by atoms with van der Waals surface area (Å²) in [6.45, 7) is 2.52. The van der Waals surface area contributed by atoms with Crippen molar-refractivity contribution in [2.45, 2.75) is 38.3 Å². The van der Waals surface area contributed by atoms with E-state index in [1.165, 1.54) is 12.1 Å². The van der Waals surface area contributed by atoms with Gasteiger partial charge in [0.1, 0.15) is 11.9 Å². The average molecular weight is 437 g/mol. The summed E-state index contributed by atoms with van der Waals surface area (Å²) in [5.41, 5.74) is 1.37. The van der Waals surface area contributed by atoms with Gasteiger partial charge in [0.15, 0.2) is 0 Å². The highest BCUT2D eigenvalue weighted by Crippen LogP contribution is 2.24. The molecule has 1 saturated heterocycles. The first-order valence-electron chi connectivity index (χ1n) is 10.6. The predicted molar refractivity (Wildman–Crippen MR) is 114 cm³/mol. The van der Waals surface area contributed by atoms with Crippen molar-refractivity contribution in [1.82, 2.24) is 15.1 Å². The van der Waals surface area contributed by atoms with E-state index in [-0.39, 0.29) is 24.2 Å². The standard InChI is InChI=1S/C24H24FN3O4/c1-15(28-23(31)19-4-2-3-5-20(19)24(28)32)22(30)26-18-10-12-27(13-11-18)21(29)14-16-6-8-17(25)9-7-16/h2-9,15,18H,10-14H2,1H3,(H,26,30). The van der Waals surface area contributed by atoms with Crippen LogP contribution in [0.4, 0.5) is 4.39 Å². The van der Waals surface area contributed by atoms with E-state index < -0.39 is 23.8 Å². The van der Waals surface area contributed by atoms with Gasteiger partial charge in [0, 0.05) is 19.1 Å². The van der Waals surface area contributed by atoms with Crippen molar-refractivity contribution in [3.05, 3.63) is 71.0 Å². The third-order valence-electron chi connectivity index (χ3n) is 6.05. The van der Waals surface area contributed by atoms with Crippen LogP contribution < -0.4 is 5.32 Å². The number of halogens is 1. The number of likely N-dealkylation sites (tertiary alicyclic amines) is 1. The summed E-state index contributed by atoms with van der Waals surface area (Å²) in [5.74, 6) is -1.70. The van der Waals surface area contributed by atoms with Crippen molar-refractivity contribution in [3.63, 3.8) is 0 Å². The van der Waals surface area contributed by atoms with E-state index in [1.54, 1.807) is 48.2 Å². The Hall–Kier alpha value is -3.55. The third-order valence-corrected chi connectivity index (χ3v) is 6.05. The van der Waals surface area contributed by atoms with Crippen LogP contribution in [0.5, 0.6) is 0 Å². The molecule has 1 fully saturated rings. The second-order valence-electron chi connectivity index (χ2n) is 8.17. The monoisotopic (exact) mass is 437 g/mol. The van der Waals surface area contributed by atoms with E-state index in [2.05, 4.69) is 5.32 Å². The molecule has 0 bridgehead atoms. The number of rotatable bonds is 5. The number of nitrogens with zero attached hydrogens (tertiary/aromatic N) is 2. The molecule has 4 amide bonds. The zero-order valence-electron chi connectivity index (χ0n) is 17.7. The van der Waals surface area contributed by atoms with E-state index in [4.69, 9.17) is 0 Å². The Morgan fingerprint density at radius 2 is 1.56 bits per heavy atom. The summed E-state index contributed by atoms with van der Waals surface area (Å²) in [5, 5.41) is 2.91. The van der Waals surface area contributed by atoms with Crippen LogP contribution in [-0.4, -0.2) is 58.6 Å². The average Bonchev–Trinajstić information content (AvgIpc) is 3.05. The molecule has 0 aromatic heterocycles. The SMILES string of the molecule is CC(C(=O)NC1CCN(C(=O)Cc2ccc(F)cc2)CC1)N1C(=O)c2ccccc2C1=O. The maximum absolute atomic E-state index is 13.0. The molecular weight excluding hydrogens is 413 g/mol. The molecule has 1 atom stereocenters. The summed E-state index contributed by atoms with van der Waals surface area (Å²) in [7, 11) is 0. The van der Waals surface area contributed by atoms with E-state index in [0.29, 0.717) is 37.1 Å². The van der Waals surface area contributed by atoms with Gasteiger partial charge in [-0.1, -0.05) is 24.3 Å². The molecule has 2 aromatic carbocycles. The molecule has 166 valence electrons. The van der Waals surface area contributed by atoms with Crippen LogP contribution in [0.25, 0.3) is 0 Å². The summed E-state index contributed by atoms with van der Waals surface area (Å²) >= 11 is 0. The topological polar surface area (TPSA) is 86.8 Å². The molecule has 2 aromatic rings.